The van der Waals surface area contributed by atoms with Gasteiger partial charge in [-0.3, -0.25) is 9.59 Å². The highest BCUT2D eigenvalue weighted by molar-refractivity contribution is 5.91. The van der Waals surface area contributed by atoms with Crippen molar-refractivity contribution in [2.45, 2.75) is 6.61 Å². The Morgan fingerprint density at radius 3 is 2.27 bits per heavy atom. The number of anilines is 1. The third kappa shape index (κ3) is 6.57. The summed E-state index contributed by atoms with van der Waals surface area (Å²) in [6.07, 6.45) is 0. The Morgan fingerprint density at radius 1 is 1.00 bits per heavy atom. The summed E-state index contributed by atoms with van der Waals surface area (Å²) in [7, 11) is 5.23. The summed E-state index contributed by atoms with van der Waals surface area (Å²) in [5.41, 5.74) is 1.80. The molecule has 0 saturated carbocycles. The normalized spacial score (nSPS) is 11.5. The van der Waals surface area contributed by atoms with Gasteiger partial charge in [-0.05, 0) is 29.8 Å². The quantitative estimate of drug-likeness (QED) is 0.736. The van der Waals surface area contributed by atoms with Crippen molar-refractivity contribution in [3.05, 3.63) is 60.2 Å². The molecule has 0 aliphatic heterocycles. The maximum atomic E-state index is 12.1. The van der Waals surface area contributed by atoms with Gasteiger partial charge in [0.1, 0.15) is 12.4 Å². The molecule has 1 atom stereocenters. The highest BCUT2D eigenvalue weighted by Crippen LogP contribution is 2.16. The monoisotopic (exact) mass is 356 g/mol. The lowest BCUT2D eigenvalue weighted by molar-refractivity contribution is -0.862. The van der Waals surface area contributed by atoms with Gasteiger partial charge in [0.15, 0.2) is 13.1 Å². The van der Waals surface area contributed by atoms with E-state index in [0.717, 1.165) is 16.2 Å². The fraction of sp³-hybridized carbons (Fsp3) is 0.300. The second kappa shape index (κ2) is 9.58. The standard InChI is InChI=1S/C20H25N3O3/c1-22(2)20(25)14-23(3)13-19(24)21-17-9-11-18(12-10-17)26-15-16-7-5-4-6-8-16/h4-12H,13-15H2,1-3H3,(H,21,24)/p+1. The third-order valence-corrected chi connectivity index (χ3v) is 3.80. The zero-order valence-corrected chi connectivity index (χ0v) is 15.5. The highest BCUT2D eigenvalue weighted by Gasteiger charge is 2.15. The second-order valence-corrected chi connectivity index (χ2v) is 6.45. The average Bonchev–Trinajstić information content (AvgIpc) is 2.61. The Morgan fingerprint density at radius 2 is 1.65 bits per heavy atom. The van der Waals surface area contributed by atoms with Crippen molar-refractivity contribution in [1.29, 1.82) is 0 Å². The van der Waals surface area contributed by atoms with Crippen molar-refractivity contribution in [3.8, 4) is 5.75 Å². The molecule has 0 aliphatic carbocycles. The number of nitrogens with one attached hydrogen (secondary N) is 2. The van der Waals surface area contributed by atoms with Gasteiger partial charge in [0.05, 0.1) is 7.05 Å². The number of carbonyl (C=O) groups excluding carboxylic acids is 2. The van der Waals surface area contributed by atoms with Crippen LogP contribution in [0.5, 0.6) is 5.75 Å². The first-order valence-corrected chi connectivity index (χ1v) is 8.52. The molecule has 0 bridgehead atoms. The minimum absolute atomic E-state index is 0.00443. The first-order chi connectivity index (χ1) is 12.4. The van der Waals surface area contributed by atoms with E-state index in [2.05, 4.69) is 5.32 Å². The second-order valence-electron chi connectivity index (χ2n) is 6.45. The van der Waals surface area contributed by atoms with Crippen LogP contribution in [0.3, 0.4) is 0 Å². The van der Waals surface area contributed by atoms with Gasteiger partial charge in [0, 0.05) is 19.8 Å². The Labute approximate surface area is 154 Å². The van der Waals surface area contributed by atoms with E-state index < -0.39 is 0 Å². The number of hydrogen-bond donors (Lipinski definition) is 2. The molecule has 6 nitrogen and oxygen atoms in total. The number of amides is 2. The molecule has 2 aromatic rings. The Hall–Kier alpha value is -2.86. The average molecular weight is 356 g/mol. The molecule has 0 aliphatic rings. The van der Waals surface area contributed by atoms with Crippen molar-refractivity contribution < 1.29 is 19.2 Å². The van der Waals surface area contributed by atoms with E-state index >= 15 is 0 Å². The molecule has 2 rings (SSSR count). The summed E-state index contributed by atoms with van der Waals surface area (Å²) in [6, 6.07) is 17.2. The highest BCUT2D eigenvalue weighted by atomic mass is 16.5. The molecule has 0 saturated heterocycles. The van der Waals surface area contributed by atoms with E-state index in [4.69, 9.17) is 4.74 Å². The van der Waals surface area contributed by atoms with Crippen molar-refractivity contribution in [2.75, 3.05) is 39.5 Å². The lowest BCUT2D eigenvalue weighted by Crippen LogP contribution is -3.11. The summed E-state index contributed by atoms with van der Waals surface area (Å²) in [6.45, 7) is 1.01. The first-order valence-electron chi connectivity index (χ1n) is 8.52. The largest absolute Gasteiger partial charge is 0.489 e. The minimum Gasteiger partial charge on any atom is -0.489 e. The molecular formula is C20H26N3O3+. The van der Waals surface area contributed by atoms with Gasteiger partial charge in [-0.1, -0.05) is 30.3 Å². The summed E-state index contributed by atoms with van der Waals surface area (Å²) in [5, 5.41) is 2.84. The van der Waals surface area contributed by atoms with E-state index in [1.807, 2.05) is 49.5 Å². The molecule has 0 spiro atoms. The van der Waals surface area contributed by atoms with Crippen LogP contribution in [0.2, 0.25) is 0 Å². The molecule has 0 aromatic heterocycles. The Kier molecular flexibility index (Phi) is 7.17. The number of carbonyl (C=O) groups is 2. The summed E-state index contributed by atoms with van der Waals surface area (Å²) in [4.78, 5) is 26.1. The summed E-state index contributed by atoms with van der Waals surface area (Å²) in [5.74, 6) is 0.605. The smallest absolute Gasteiger partial charge is 0.279 e. The minimum atomic E-state index is -0.132. The van der Waals surface area contributed by atoms with Crippen molar-refractivity contribution in [2.24, 2.45) is 0 Å². The van der Waals surface area contributed by atoms with Crippen LogP contribution < -0.4 is 15.0 Å². The fourth-order valence-electron chi connectivity index (χ4n) is 2.33. The van der Waals surface area contributed by atoms with E-state index in [1.54, 1.807) is 26.2 Å². The predicted molar refractivity (Wildman–Crippen MR) is 101 cm³/mol. The molecule has 26 heavy (non-hydrogen) atoms. The number of ether oxygens (including phenoxy) is 1. The topological polar surface area (TPSA) is 63.1 Å². The summed E-state index contributed by atoms with van der Waals surface area (Å²) >= 11 is 0. The molecule has 0 fully saturated rings. The third-order valence-electron chi connectivity index (χ3n) is 3.80. The fourth-order valence-corrected chi connectivity index (χ4v) is 2.33. The van der Waals surface area contributed by atoms with Crippen molar-refractivity contribution in [3.63, 3.8) is 0 Å². The van der Waals surface area contributed by atoms with Crippen LogP contribution in [0.25, 0.3) is 0 Å². The molecule has 1 unspecified atom stereocenters. The number of quaternary nitrogens is 1. The lowest BCUT2D eigenvalue weighted by Gasteiger charge is -2.16. The maximum absolute atomic E-state index is 12.1. The predicted octanol–water partition coefficient (Wildman–Crippen LogP) is 0.807. The first kappa shape index (κ1) is 19.5. The van der Waals surface area contributed by atoms with Gasteiger partial charge in [-0.15, -0.1) is 0 Å². The van der Waals surface area contributed by atoms with Crippen molar-refractivity contribution in [1.82, 2.24) is 4.90 Å². The van der Waals surface area contributed by atoms with Crippen LogP contribution in [-0.4, -0.2) is 50.9 Å². The molecule has 6 heteroatoms. The zero-order chi connectivity index (χ0) is 18.9. The lowest BCUT2D eigenvalue weighted by atomic mass is 10.2. The van der Waals surface area contributed by atoms with E-state index in [1.165, 1.54) is 4.90 Å². The van der Waals surface area contributed by atoms with Crippen LogP contribution in [-0.2, 0) is 16.2 Å². The van der Waals surface area contributed by atoms with Gasteiger partial charge < -0.3 is 19.9 Å². The SMILES string of the molecule is CN(C)C(=O)C[NH+](C)CC(=O)Nc1ccc(OCc2ccccc2)cc1. The number of hydrogen-bond acceptors (Lipinski definition) is 3. The molecule has 2 amide bonds. The van der Waals surface area contributed by atoms with Crippen LogP contribution in [0.4, 0.5) is 5.69 Å². The van der Waals surface area contributed by atoms with Gasteiger partial charge in [0.25, 0.3) is 11.8 Å². The number of rotatable bonds is 8. The van der Waals surface area contributed by atoms with E-state index in [0.29, 0.717) is 12.3 Å². The number of nitrogens with zero attached hydrogens (tertiary/aromatic N) is 1. The van der Waals surface area contributed by atoms with Gasteiger partial charge >= 0.3 is 0 Å². The van der Waals surface area contributed by atoms with Crippen molar-refractivity contribution >= 4 is 17.5 Å². The van der Waals surface area contributed by atoms with E-state index in [-0.39, 0.29) is 24.9 Å². The van der Waals surface area contributed by atoms with E-state index in [9.17, 15) is 9.59 Å². The summed E-state index contributed by atoms with van der Waals surface area (Å²) < 4.78 is 5.72. The Bertz CT molecular complexity index is 715. The number of benzene rings is 2. The maximum Gasteiger partial charge on any atom is 0.279 e. The molecular weight excluding hydrogens is 330 g/mol. The molecule has 138 valence electrons. The van der Waals surface area contributed by atoms with Crippen LogP contribution in [0, 0.1) is 0 Å². The van der Waals surface area contributed by atoms with Crippen LogP contribution in [0.1, 0.15) is 5.56 Å². The number of likely N-dealkylation sites (N-methyl/N-ethyl adjacent to an activating group) is 2. The van der Waals surface area contributed by atoms with Crippen LogP contribution >= 0.6 is 0 Å². The molecule has 0 heterocycles. The molecule has 2 N–H and O–H groups in total. The van der Waals surface area contributed by atoms with Gasteiger partial charge in [-0.2, -0.15) is 0 Å². The molecule has 0 radical (unpaired) electrons. The molecule has 2 aromatic carbocycles. The zero-order valence-electron chi connectivity index (χ0n) is 15.5. The van der Waals surface area contributed by atoms with Gasteiger partial charge in [0.2, 0.25) is 0 Å². The van der Waals surface area contributed by atoms with Crippen LogP contribution in [0.15, 0.2) is 54.6 Å². The van der Waals surface area contributed by atoms with Gasteiger partial charge in [-0.25, -0.2) is 0 Å². The Balaban J connectivity index is 1.79.